The van der Waals surface area contributed by atoms with E-state index in [-0.39, 0.29) is 23.5 Å². The quantitative estimate of drug-likeness (QED) is 0.808. The first-order valence-electron chi connectivity index (χ1n) is 7.54. The van der Waals surface area contributed by atoms with Crippen LogP contribution in [0.2, 0.25) is 0 Å². The number of H-pyrrole nitrogens is 1. The van der Waals surface area contributed by atoms with Crippen LogP contribution in [0.5, 0.6) is 0 Å². The average Bonchev–Trinajstić information content (AvgIpc) is 2.87. The van der Waals surface area contributed by atoms with Crippen molar-refractivity contribution in [3.05, 3.63) is 30.0 Å². The van der Waals surface area contributed by atoms with Gasteiger partial charge in [-0.15, -0.1) is 0 Å². The van der Waals surface area contributed by atoms with Gasteiger partial charge in [0.2, 0.25) is 0 Å². The fraction of sp³-hybridized carbons (Fsp3) is 0.375. The molecule has 0 radical (unpaired) electrons. The molecule has 1 aromatic carbocycles. The Balaban J connectivity index is 1.81. The fourth-order valence-corrected chi connectivity index (χ4v) is 3.01. The molecule has 0 atom stereocenters. The van der Waals surface area contributed by atoms with Crippen molar-refractivity contribution in [2.24, 2.45) is 0 Å². The van der Waals surface area contributed by atoms with Crippen LogP contribution in [-0.2, 0) is 0 Å². The maximum atomic E-state index is 12.1. The number of hydrogen-bond acceptors (Lipinski definition) is 3. The maximum Gasteiger partial charge on any atom is 0.319 e. The van der Waals surface area contributed by atoms with Crippen molar-refractivity contribution < 1.29 is 14.7 Å². The number of benzene rings is 1. The molecule has 22 heavy (non-hydrogen) atoms. The molecule has 1 aliphatic carbocycles. The van der Waals surface area contributed by atoms with Crippen molar-refractivity contribution >= 4 is 28.6 Å². The molecule has 1 saturated carbocycles. The molecule has 116 valence electrons. The molecule has 6 heteroatoms. The first-order valence-corrected chi connectivity index (χ1v) is 7.54. The number of fused-ring (bicyclic) bond motifs is 1. The van der Waals surface area contributed by atoms with Crippen LogP contribution < -0.4 is 15.7 Å². The summed E-state index contributed by atoms with van der Waals surface area (Å²) in [4.78, 5) is 26.2. The Morgan fingerprint density at radius 3 is 2.59 bits per heavy atom. The second-order valence-electron chi connectivity index (χ2n) is 5.64. The van der Waals surface area contributed by atoms with Gasteiger partial charge < -0.3 is 25.5 Å². The van der Waals surface area contributed by atoms with Gasteiger partial charge in [0.05, 0.1) is 17.4 Å². The number of rotatable bonds is 3. The van der Waals surface area contributed by atoms with Crippen LogP contribution in [0, 0.1) is 0 Å². The van der Waals surface area contributed by atoms with Crippen LogP contribution in [0.4, 0.5) is 10.5 Å². The summed E-state index contributed by atoms with van der Waals surface area (Å²) < 4.78 is 0. The number of para-hydroxylation sites is 1. The molecule has 1 aliphatic rings. The Morgan fingerprint density at radius 1 is 1.14 bits per heavy atom. The highest BCUT2D eigenvalue weighted by atomic mass is 16.4. The summed E-state index contributed by atoms with van der Waals surface area (Å²) in [7, 11) is 0. The molecule has 0 unspecified atom stereocenters. The zero-order chi connectivity index (χ0) is 15.5. The Labute approximate surface area is 127 Å². The van der Waals surface area contributed by atoms with Crippen molar-refractivity contribution in [2.75, 3.05) is 5.32 Å². The number of carboxylic acids is 1. The van der Waals surface area contributed by atoms with Gasteiger partial charge in [-0.25, -0.2) is 4.79 Å². The Kier molecular flexibility index (Phi) is 4.00. The molecule has 2 aromatic rings. The molecule has 1 aromatic heterocycles. The number of amides is 2. The zero-order valence-electron chi connectivity index (χ0n) is 12.1. The molecular weight excluding hydrogens is 282 g/mol. The van der Waals surface area contributed by atoms with E-state index >= 15 is 0 Å². The number of hydrogen-bond donors (Lipinski definition) is 3. The number of carbonyl (C=O) groups is 2. The van der Waals surface area contributed by atoms with Gasteiger partial charge in [0, 0.05) is 16.9 Å². The molecule has 0 bridgehead atoms. The van der Waals surface area contributed by atoms with Crippen LogP contribution in [0.3, 0.4) is 0 Å². The van der Waals surface area contributed by atoms with Gasteiger partial charge in [-0.1, -0.05) is 37.5 Å². The van der Waals surface area contributed by atoms with E-state index in [1.807, 2.05) is 0 Å². The first-order chi connectivity index (χ1) is 10.6. The molecule has 0 spiro atoms. The van der Waals surface area contributed by atoms with E-state index < -0.39 is 5.97 Å². The normalized spacial score (nSPS) is 15.6. The van der Waals surface area contributed by atoms with Crippen molar-refractivity contribution in [2.45, 2.75) is 38.1 Å². The van der Waals surface area contributed by atoms with Crippen LogP contribution >= 0.6 is 0 Å². The fourth-order valence-electron chi connectivity index (χ4n) is 3.01. The topological polar surface area (TPSA) is 97.1 Å². The van der Waals surface area contributed by atoms with Gasteiger partial charge in [0.1, 0.15) is 0 Å². The molecule has 3 rings (SSSR count). The average molecular weight is 300 g/mol. The monoisotopic (exact) mass is 300 g/mol. The van der Waals surface area contributed by atoms with Gasteiger partial charge in [-0.3, -0.25) is 0 Å². The second-order valence-corrected chi connectivity index (χ2v) is 5.64. The summed E-state index contributed by atoms with van der Waals surface area (Å²) in [5, 5.41) is 17.5. The SMILES string of the molecule is O=C(Nc1c(C(=O)[O-])[nH]c2ccccc12)NC1CCCCC1. The largest absolute Gasteiger partial charge is 0.543 e. The van der Waals surface area contributed by atoms with E-state index in [0.717, 1.165) is 25.7 Å². The molecule has 2 amide bonds. The Bertz CT molecular complexity index is 702. The third-order valence-electron chi connectivity index (χ3n) is 4.09. The number of carbonyl (C=O) groups excluding carboxylic acids is 2. The number of urea groups is 1. The Hall–Kier alpha value is -2.50. The van der Waals surface area contributed by atoms with E-state index in [9.17, 15) is 14.7 Å². The van der Waals surface area contributed by atoms with E-state index in [1.54, 1.807) is 24.3 Å². The number of nitrogens with one attached hydrogen (secondary N) is 3. The lowest BCUT2D eigenvalue weighted by Crippen LogP contribution is -2.39. The minimum absolute atomic E-state index is 0.111. The van der Waals surface area contributed by atoms with E-state index in [4.69, 9.17) is 0 Å². The number of aromatic carboxylic acids is 1. The maximum absolute atomic E-state index is 12.1. The van der Waals surface area contributed by atoms with E-state index in [1.165, 1.54) is 6.42 Å². The van der Waals surface area contributed by atoms with E-state index in [2.05, 4.69) is 15.6 Å². The minimum atomic E-state index is -1.34. The first kappa shape index (κ1) is 14.4. The molecular formula is C16H18N3O3-. The molecule has 6 nitrogen and oxygen atoms in total. The van der Waals surface area contributed by atoms with Crippen LogP contribution in [0.1, 0.15) is 42.6 Å². The van der Waals surface area contributed by atoms with Crippen LogP contribution in [0.15, 0.2) is 24.3 Å². The Morgan fingerprint density at radius 2 is 1.86 bits per heavy atom. The standard InChI is InChI=1S/C16H19N3O3/c20-15(21)14-13(11-8-4-5-9-12(11)18-14)19-16(22)17-10-6-2-1-3-7-10/h4-5,8-10,18H,1-3,6-7H2,(H,20,21)(H2,17,19,22)/p-1. The summed E-state index contributed by atoms with van der Waals surface area (Å²) in [6.07, 6.45) is 5.37. The number of anilines is 1. The zero-order valence-corrected chi connectivity index (χ0v) is 12.1. The van der Waals surface area contributed by atoms with Gasteiger partial charge >= 0.3 is 6.03 Å². The lowest BCUT2D eigenvalue weighted by atomic mass is 9.96. The van der Waals surface area contributed by atoms with Crippen LogP contribution in [0.25, 0.3) is 10.9 Å². The summed E-state index contributed by atoms with van der Waals surface area (Å²) in [6.45, 7) is 0. The predicted octanol–water partition coefficient (Wildman–Crippen LogP) is 1.99. The molecule has 3 N–H and O–H groups in total. The van der Waals surface area contributed by atoms with Crippen molar-refractivity contribution in [3.8, 4) is 0 Å². The van der Waals surface area contributed by atoms with Gasteiger partial charge in [-0.05, 0) is 18.9 Å². The highest BCUT2D eigenvalue weighted by molar-refractivity contribution is 6.09. The number of carboxylic acid groups (broad SMARTS) is 1. The van der Waals surface area contributed by atoms with Gasteiger partial charge in [-0.2, -0.15) is 0 Å². The summed E-state index contributed by atoms with van der Waals surface area (Å²) >= 11 is 0. The third kappa shape index (κ3) is 2.90. The van der Waals surface area contributed by atoms with Crippen molar-refractivity contribution in [1.82, 2.24) is 10.3 Å². The van der Waals surface area contributed by atoms with Crippen LogP contribution in [-0.4, -0.2) is 23.0 Å². The van der Waals surface area contributed by atoms with Gasteiger partial charge in [0.25, 0.3) is 0 Å². The van der Waals surface area contributed by atoms with Gasteiger partial charge in [0.15, 0.2) is 0 Å². The summed E-state index contributed by atoms with van der Waals surface area (Å²) in [5.74, 6) is -1.34. The molecule has 0 aliphatic heterocycles. The van der Waals surface area contributed by atoms with E-state index in [0.29, 0.717) is 10.9 Å². The van der Waals surface area contributed by atoms with Crippen molar-refractivity contribution in [1.29, 1.82) is 0 Å². The lowest BCUT2D eigenvalue weighted by molar-refractivity contribution is -0.255. The second kappa shape index (κ2) is 6.09. The smallest absolute Gasteiger partial charge is 0.319 e. The molecule has 1 heterocycles. The van der Waals surface area contributed by atoms with Crippen molar-refractivity contribution in [3.63, 3.8) is 0 Å². The summed E-state index contributed by atoms with van der Waals surface area (Å²) in [5.41, 5.74) is 0.790. The minimum Gasteiger partial charge on any atom is -0.543 e. The highest BCUT2D eigenvalue weighted by Crippen LogP contribution is 2.27. The lowest BCUT2D eigenvalue weighted by Gasteiger charge is -2.23. The number of aromatic amines is 1. The summed E-state index contributed by atoms with van der Waals surface area (Å²) in [6, 6.07) is 6.88. The molecule has 1 fully saturated rings. The highest BCUT2D eigenvalue weighted by Gasteiger charge is 2.18. The predicted molar refractivity (Wildman–Crippen MR) is 81.7 cm³/mol. The third-order valence-corrected chi connectivity index (χ3v) is 4.09. The molecule has 0 saturated heterocycles. The number of aromatic nitrogens is 1.